The molecule has 2 aromatic carbocycles. The van der Waals surface area contributed by atoms with Gasteiger partial charge < -0.3 is 11.1 Å². The molecular weight excluding hydrogens is 587 g/mol. The molecule has 2 aliphatic rings. The normalized spacial score (nSPS) is 18.4. The number of benzene rings is 2. The van der Waals surface area contributed by atoms with Crippen molar-refractivity contribution in [1.82, 2.24) is 10.2 Å². The summed E-state index contributed by atoms with van der Waals surface area (Å²) in [5.74, 6) is -0.670. The number of hydrogen-bond donors (Lipinski definition) is 2. The molecule has 0 saturated heterocycles. The van der Waals surface area contributed by atoms with Crippen LogP contribution in [0.2, 0.25) is 10.0 Å². The molecule has 1 atom stereocenters. The third-order valence-electron chi connectivity index (χ3n) is 6.62. The van der Waals surface area contributed by atoms with E-state index in [4.69, 9.17) is 28.9 Å². The zero-order valence-corrected chi connectivity index (χ0v) is 24.7. The Morgan fingerprint density at radius 1 is 1.23 bits per heavy atom. The number of carbonyl (C=O) groups is 2. The van der Waals surface area contributed by atoms with Crippen LogP contribution in [0.5, 0.6) is 0 Å². The number of rotatable bonds is 6. The van der Waals surface area contributed by atoms with Crippen LogP contribution < -0.4 is 16.0 Å². The first kappa shape index (κ1) is 28.2. The van der Waals surface area contributed by atoms with E-state index >= 15 is 0 Å². The SMILES string of the molecule is CC1(C)CC(=O)C2=C(C1)N(c1nnc(SCC(=O)Nc3cccc(Cl)c3)s1)C(N)=C(C#N)C2c1ccccc1Cl. The van der Waals surface area contributed by atoms with Crippen LogP contribution in [-0.2, 0) is 9.59 Å². The highest BCUT2D eigenvalue weighted by Gasteiger charge is 2.45. The van der Waals surface area contributed by atoms with E-state index in [0.717, 1.165) is 0 Å². The minimum Gasteiger partial charge on any atom is -0.384 e. The van der Waals surface area contributed by atoms with Gasteiger partial charge in [-0.3, -0.25) is 14.5 Å². The monoisotopic (exact) mass is 610 g/mol. The third-order valence-corrected chi connectivity index (χ3v) is 9.24. The fourth-order valence-electron chi connectivity index (χ4n) is 4.99. The molecule has 0 fully saturated rings. The molecule has 0 saturated carbocycles. The minimum atomic E-state index is -0.675. The minimum absolute atomic E-state index is 0.0572. The molecule has 40 heavy (non-hydrogen) atoms. The third kappa shape index (κ3) is 5.60. The Hall–Kier alpha value is -3.36. The van der Waals surface area contributed by atoms with Crippen LogP contribution in [-0.4, -0.2) is 27.6 Å². The Kier molecular flexibility index (Phi) is 7.93. The summed E-state index contributed by atoms with van der Waals surface area (Å²) in [5, 5.41) is 23.0. The fraction of sp³-hybridized carbons (Fsp3) is 0.250. The van der Waals surface area contributed by atoms with Crippen molar-refractivity contribution < 1.29 is 9.59 Å². The number of thioether (sulfide) groups is 1. The van der Waals surface area contributed by atoms with E-state index in [0.29, 0.717) is 54.9 Å². The van der Waals surface area contributed by atoms with Crippen molar-refractivity contribution in [3.63, 3.8) is 0 Å². The largest absolute Gasteiger partial charge is 0.384 e. The van der Waals surface area contributed by atoms with Crippen LogP contribution in [0.15, 0.2) is 75.5 Å². The summed E-state index contributed by atoms with van der Waals surface area (Å²) in [6.45, 7) is 4.05. The number of halogens is 2. The summed E-state index contributed by atoms with van der Waals surface area (Å²) in [4.78, 5) is 27.8. The number of nitrogens with two attached hydrogens (primary N) is 1. The van der Waals surface area contributed by atoms with Gasteiger partial charge in [0, 0.05) is 33.4 Å². The van der Waals surface area contributed by atoms with E-state index in [-0.39, 0.29) is 34.3 Å². The van der Waals surface area contributed by atoms with Crippen LogP contribution >= 0.6 is 46.3 Å². The van der Waals surface area contributed by atoms with Crippen LogP contribution in [0.4, 0.5) is 10.8 Å². The number of nitrogens with one attached hydrogen (secondary N) is 1. The molecule has 5 rings (SSSR count). The molecule has 1 aliphatic heterocycles. The smallest absolute Gasteiger partial charge is 0.234 e. The Labute approximate surface area is 249 Å². The van der Waals surface area contributed by atoms with Gasteiger partial charge in [0.25, 0.3) is 0 Å². The van der Waals surface area contributed by atoms with Crippen LogP contribution in [0.25, 0.3) is 0 Å². The lowest BCUT2D eigenvalue weighted by Crippen LogP contribution is -2.42. The quantitative estimate of drug-likeness (QED) is 0.302. The first-order valence-electron chi connectivity index (χ1n) is 12.3. The topological polar surface area (TPSA) is 125 Å². The molecule has 1 aromatic heterocycles. The van der Waals surface area contributed by atoms with Crippen molar-refractivity contribution in [1.29, 1.82) is 5.26 Å². The van der Waals surface area contributed by atoms with Gasteiger partial charge in [-0.05, 0) is 41.7 Å². The van der Waals surface area contributed by atoms with Gasteiger partial charge in [-0.15, -0.1) is 10.2 Å². The molecule has 3 N–H and O–H groups in total. The highest BCUT2D eigenvalue weighted by atomic mass is 35.5. The van der Waals surface area contributed by atoms with Crippen molar-refractivity contribution in [3.05, 3.63) is 86.8 Å². The van der Waals surface area contributed by atoms with Crippen LogP contribution in [0.1, 0.15) is 38.2 Å². The highest BCUT2D eigenvalue weighted by Crippen LogP contribution is 2.51. The number of hydrogen-bond acceptors (Lipinski definition) is 9. The van der Waals surface area contributed by atoms with Gasteiger partial charge in [0.1, 0.15) is 5.82 Å². The Balaban J connectivity index is 1.47. The molecule has 204 valence electrons. The van der Waals surface area contributed by atoms with Gasteiger partial charge in [0.15, 0.2) is 10.1 Å². The summed E-state index contributed by atoms with van der Waals surface area (Å²) < 4.78 is 0.541. The molecule has 0 bridgehead atoms. The Morgan fingerprint density at radius 2 is 2.00 bits per heavy atom. The maximum Gasteiger partial charge on any atom is 0.234 e. The highest BCUT2D eigenvalue weighted by molar-refractivity contribution is 8.01. The lowest BCUT2D eigenvalue weighted by atomic mass is 9.68. The number of Topliss-reactive ketones (excluding diaryl/α,β-unsaturated/α-hetero) is 1. The summed E-state index contributed by atoms with van der Waals surface area (Å²) in [7, 11) is 0. The molecular formula is C28H24Cl2N6O2S2. The lowest BCUT2D eigenvalue weighted by Gasteiger charge is -2.42. The number of ketones is 1. The number of aromatic nitrogens is 2. The van der Waals surface area contributed by atoms with E-state index in [1.165, 1.54) is 23.1 Å². The van der Waals surface area contributed by atoms with Crippen molar-refractivity contribution in [2.75, 3.05) is 16.0 Å². The van der Waals surface area contributed by atoms with Gasteiger partial charge >= 0.3 is 0 Å². The van der Waals surface area contributed by atoms with Crippen molar-refractivity contribution >= 4 is 68.8 Å². The van der Waals surface area contributed by atoms with E-state index in [1.807, 2.05) is 26.0 Å². The summed E-state index contributed by atoms with van der Waals surface area (Å²) in [5.41, 5.74) is 9.01. The molecule has 1 amide bonds. The number of nitriles is 1. The van der Waals surface area contributed by atoms with Crippen molar-refractivity contribution in [2.24, 2.45) is 11.1 Å². The molecule has 1 unspecified atom stereocenters. The standard InChI is InChI=1S/C28H24Cl2N6O2S2/c1-28(2)11-20-24(21(37)12-28)23(17-8-3-4-9-19(17)30)18(13-31)25(32)36(20)26-34-35-27(40-26)39-14-22(38)33-16-7-5-6-15(29)10-16/h3-10,23H,11-12,14,32H2,1-2H3,(H,33,38). The zero-order valence-electron chi connectivity index (χ0n) is 21.6. The second-order valence-electron chi connectivity index (χ2n) is 10.2. The molecule has 0 radical (unpaired) electrons. The second kappa shape index (κ2) is 11.3. The molecule has 8 nitrogen and oxygen atoms in total. The summed E-state index contributed by atoms with van der Waals surface area (Å²) in [6.07, 6.45) is 0.872. The Bertz CT molecular complexity index is 1620. The molecule has 1 aliphatic carbocycles. The maximum absolute atomic E-state index is 13.6. The van der Waals surface area contributed by atoms with Gasteiger partial charge in [-0.25, -0.2) is 0 Å². The molecule has 12 heteroatoms. The maximum atomic E-state index is 13.6. The molecule has 2 heterocycles. The van der Waals surface area contributed by atoms with E-state index in [1.54, 1.807) is 41.3 Å². The summed E-state index contributed by atoms with van der Waals surface area (Å²) >= 11 is 15.0. The lowest BCUT2D eigenvalue weighted by molar-refractivity contribution is -0.118. The predicted molar refractivity (Wildman–Crippen MR) is 159 cm³/mol. The first-order chi connectivity index (χ1) is 19.1. The zero-order chi connectivity index (χ0) is 28.6. The average Bonchev–Trinajstić information content (AvgIpc) is 3.35. The van der Waals surface area contributed by atoms with Gasteiger partial charge in [-0.2, -0.15) is 5.26 Å². The summed E-state index contributed by atoms with van der Waals surface area (Å²) in [6, 6.07) is 16.3. The van der Waals surface area contributed by atoms with Crippen LogP contribution in [0.3, 0.4) is 0 Å². The van der Waals surface area contributed by atoms with Crippen LogP contribution in [0, 0.1) is 16.7 Å². The van der Waals surface area contributed by atoms with E-state index < -0.39 is 5.92 Å². The second-order valence-corrected chi connectivity index (χ2v) is 13.2. The Morgan fingerprint density at radius 3 is 2.73 bits per heavy atom. The molecule has 3 aromatic rings. The number of anilines is 2. The van der Waals surface area contributed by atoms with Gasteiger partial charge in [0.2, 0.25) is 11.0 Å². The first-order valence-corrected chi connectivity index (χ1v) is 14.9. The average molecular weight is 612 g/mol. The van der Waals surface area contributed by atoms with Crippen molar-refractivity contribution in [3.8, 4) is 6.07 Å². The fourth-order valence-corrected chi connectivity index (χ4v) is 7.11. The number of carbonyl (C=O) groups excluding carboxylic acids is 2. The van der Waals surface area contributed by atoms with Crippen molar-refractivity contribution in [2.45, 2.75) is 36.9 Å². The van der Waals surface area contributed by atoms with E-state index in [2.05, 4.69) is 21.6 Å². The van der Waals surface area contributed by atoms with Gasteiger partial charge in [-0.1, -0.05) is 84.4 Å². The molecule has 0 spiro atoms. The number of amides is 1. The van der Waals surface area contributed by atoms with E-state index in [9.17, 15) is 14.9 Å². The number of nitrogens with zero attached hydrogens (tertiary/aromatic N) is 4. The number of allylic oxidation sites excluding steroid dienone is 3. The predicted octanol–water partition coefficient (Wildman–Crippen LogP) is 6.52. The van der Waals surface area contributed by atoms with Gasteiger partial charge in [0.05, 0.1) is 23.3 Å².